The number of aromatic nitrogens is 4. The van der Waals surface area contributed by atoms with Gasteiger partial charge < -0.3 is 10.3 Å². The molecule has 3 heterocycles. The molecule has 1 aromatic carbocycles. The molecule has 1 aliphatic rings. The zero-order chi connectivity index (χ0) is 20.5. The highest BCUT2D eigenvalue weighted by Crippen LogP contribution is 2.35. The Hall–Kier alpha value is -3.41. The van der Waals surface area contributed by atoms with Gasteiger partial charge in [0.2, 0.25) is 5.91 Å². The van der Waals surface area contributed by atoms with Crippen molar-refractivity contribution in [1.29, 1.82) is 0 Å². The number of pyridine rings is 1. The number of hydrogen-bond acceptors (Lipinski definition) is 3. The molecule has 0 saturated heterocycles. The highest BCUT2D eigenvalue weighted by molar-refractivity contribution is 5.97. The van der Waals surface area contributed by atoms with E-state index >= 15 is 0 Å². The van der Waals surface area contributed by atoms with Crippen LogP contribution in [0.15, 0.2) is 55.0 Å². The van der Waals surface area contributed by atoms with Gasteiger partial charge in [0.15, 0.2) is 0 Å². The molecule has 3 aromatic heterocycles. The number of fused-ring (bicyclic) bond motifs is 1. The Morgan fingerprint density at radius 1 is 1.13 bits per heavy atom. The first-order chi connectivity index (χ1) is 14.7. The minimum absolute atomic E-state index is 0.142. The maximum absolute atomic E-state index is 12.4. The van der Waals surface area contributed by atoms with Crippen molar-refractivity contribution in [2.24, 2.45) is 5.92 Å². The molecule has 1 aliphatic carbocycles. The van der Waals surface area contributed by atoms with Crippen molar-refractivity contribution in [2.45, 2.75) is 39.2 Å². The number of benzene rings is 1. The predicted octanol–water partition coefficient (Wildman–Crippen LogP) is 5.24. The minimum Gasteiger partial charge on any atom is -0.346 e. The van der Waals surface area contributed by atoms with Gasteiger partial charge >= 0.3 is 0 Å². The molecule has 0 unspecified atom stereocenters. The topological polar surface area (TPSA) is 75.6 Å². The highest BCUT2D eigenvalue weighted by Gasteiger charge is 2.22. The van der Waals surface area contributed by atoms with E-state index in [1.165, 1.54) is 0 Å². The van der Waals surface area contributed by atoms with E-state index in [0.717, 1.165) is 71.3 Å². The van der Waals surface area contributed by atoms with Crippen LogP contribution >= 0.6 is 0 Å². The average molecular weight is 399 g/mol. The third-order valence-corrected chi connectivity index (χ3v) is 5.99. The lowest BCUT2D eigenvalue weighted by molar-refractivity contribution is -0.119. The number of carbonyl (C=O) groups is 1. The van der Waals surface area contributed by atoms with E-state index in [9.17, 15) is 4.79 Å². The third kappa shape index (κ3) is 3.38. The van der Waals surface area contributed by atoms with Gasteiger partial charge in [0, 0.05) is 53.3 Å². The number of rotatable bonds is 5. The van der Waals surface area contributed by atoms with Gasteiger partial charge in [-0.2, -0.15) is 5.10 Å². The lowest BCUT2D eigenvalue weighted by Crippen LogP contribution is -2.20. The first kappa shape index (κ1) is 18.6. The Labute approximate surface area is 175 Å². The molecule has 0 aliphatic heterocycles. The van der Waals surface area contributed by atoms with Crippen molar-refractivity contribution < 1.29 is 4.79 Å². The van der Waals surface area contributed by atoms with E-state index in [-0.39, 0.29) is 11.8 Å². The fourth-order valence-corrected chi connectivity index (χ4v) is 4.33. The van der Waals surface area contributed by atoms with Crippen LogP contribution in [-0.2, 0) is 11.3 Å². The molecule has 6 heteroatoms. The molecule has 1 amide bonds. The van der Waals surface area contributed by atoms with Gasteiger partial charge in [0.25, 0.3) is 0 Å². The second-order valence-corrected chi connectivity index (χ2v) is 7.89. The molecule has 0 atom stereocenters. The molecule has 0 bridgehead atoms. The molecular weight excluding hydrogens is 374 g/mol. The van der Waals surface area contributed by atoms with E-state index in [1.54, 1.807) is 0 Å². The maximum Gasteiger partial charge on any atom is 0.227 e. The molecule has 1 fully saturated rings. The molecular formula is C24H25N5O. The van der Waals surface area contributed by atoms with E-state index in [2.05, 4.69) is 28.4 Å². The number of hydrogen-bond donors (Lipinski definition) is 2. The van der Waals surface area contributed by atoms with Gasteiger partial charge in [-0.3, -0.25) is 9.48 Å². The highest BCUT2D eigenvalue weighted by atomic mass is 16.1. The van der Waals surface area contributed by atoms with Crippen LogP contribution in [0.25, 0.3) is 33.4 Å². The van der Waals surface area contributed by atoms with Crippen molar-refractivity contribution in [2.75, 3.05) is 5.32 Å². The molecule has 5 rings (SSSR count). The number of aromatic amines is 1. The van der Waals surface area contributed by atoms with Crippen LogP contribution in [0.5, 0.6) is 0 Å². The largest absolute Gasteiger partial charge is 0.346 e. The Bertz CT molecular complexity index is 1180. The van der Waals surface area contributed by atoms with Gasteiger partial charge in [-0.1, -0.05) is 25.0 Å². The predicted molar refractivity (Wildman–Crippen MR) is 119 cm³/mol. The molecule has 6 nitrogen and oxygen atoms in total. The van der Waals surface area contributed by atoms with Gasteiger partial charge in [-0.15, -0.1) is 0 Å². The summed E-state index contributed by atoms with van der Waals surface area (Å²) in [5.41, 5.74) is 5.84. The van der Waals surface area contributed by atoms with Crippen molar-refractivity contribution >= 4 is 22.6 Å². The van der Waals surface area contributed by atoms with Gasteiger partial charge in [-0.25, -0.2) is 4.98 Å². The zero-order valence-corrected chi connectivity index (χ0v) is 17.1. The average Bonchev–Trinajstić information content (AvgIpc) is 3.54. The van der Waals surface area contributed by atoms with Crippen LogP contribution in [0.3, 0.4) is 0 Å². The molecule has 1 saturated carbocycles. The van der Waals surface area contributed by atoms with E-state index in [4.69, 9.17) is 5.10 Å². The number of aryl methyl sites for hydroxylation is 1. The summed E-state index contributed by atoms with van der Waals surface area (Å²) < 4.78 is 1.96. The van der Waals surface area contributed by atoms with Crippen molar-refractivity contribution in [3.05, 3.63) is 55.0 Å². The first-order valence-corrected chi connectivity index (χ1v) is 10.6. The zero-order valence-electron chi connectivity index (χ0n) is 17.1. The maximum atomic E-state index is 12.4. The number of H-pyrrole nitrogens is 1. The normalized spacial score (nSPS) is 14.4. The second kappa shape index (κ2) is 7.78. The number of carbonyl (C=O) groups excluding carboxylic acids is 1. The van der Waals surface area contributed by atoms with Gasteiger partial charge in [0.05, 0.1) is 0 Å². The standard InChI is InChI=1S/C24H25N5O/c1-2-29-15-21(19-11-13-25-23-20(19)12-14-26-23)22(28-29)16-7-9-18(10-8-16)27-24(30)17-5-3-4-6-17/h7-15,17H,2-6H2,1H3,(H,25,26)(H,27,30). The molecule has 0 spiro atoms. The van der Waals surface area contributed by atoms with E-state index in [1.807, 2.05) is 53.5 Å². The fourth-order valence-electron chi connectivity index (χ4n) is 4.33. The molecule has 30 heavy (non-hydrogen) atoms. The number of nitrogens with one attached hydrogen (secondary N) is 2. The summed E-state index contributed by atoms with van der Waals surface area (Å²) in [6.45, 7) is 2.88. The number of nitrogens with zero attached hydrogens (tertiary/aromatic N) is 3. The van der Waals surface area contributed by atoms with Crippen LogP contribution in [0, 0.1) is 5.92 Å². The van der Waals surface area contributed by atoms with Crippen LogP contribution in [-0.4, -0.2) is 25.7 Å². The summed E-state index contributed by atoms with van der Waals surface area (Å²) in [6, 6.07) is 12.1. The monoisotopic (exact) mass is 399 g/mol. The third-order valence-electron chi connectivity index (χ3n) is 5.99. The van der Waals surface area contributed by atoms with Gasteiger partial charge in [-0.05, 0) is 49.6 Å². The lowest BCUT2D eigenvalue weighted by Gasteiger charge is -2.11. The number of anilines is 1. The SMILES string of the molecule is CCn1cc(-c2ccnc3[nH]ccc23)c(-c2ccc(NC(=O)C3CCCC3)cc2)n1. The lowest BCUT2D eigenvalue weighted by atomic mass is 10.00. The van der Waals surface area contributed by atoms with Crippen LogP contribution in [0.2, 0.25) is 0 Å². The Balaban J connectivity index is 1.48. The van der Waals surface area contributed by atoms with E-state index in [0.29, 0.717) is 0 Å². The van der Waals surface area contributed by atoms with Crippen molar-refractivity contribution in [3.63, 3.8) is 0 Å². The molecule has 0 radical (unpaired) electrons. The Morgan fingerprint density at radius 2 is 1.93 bits per heavy atom. The summed E-state index contributed by atoms with van der Waals surface area (Å²) in [4.78, 5) is 20.0. The minimum atomic E-state index is 0.142. The second-order valence-electron chi connectivity index (χ2n) is 7.89. The quantitative estimate of drug-likeness (QED) is 0.482. The summed E-state index contributed by atoms with van der Waals surface area (Å²) in [7, 11) is 0. The smallest absolute Gasteiger partial charge is 0.227 e. The van der Waals surface area contributed by atoms with Crippen molar-refractivity contribution in [1.82, 2.24) is 19.7 Å². The van der Waals surface area contributed by atoms with Crippen LogP contribution in [0.4, 0.5) is 5.69 Å². The first-order valence-electron chi connectivity index (χ1n) is 10.6. The van der Waals surface area contributed by atoms with Crippen LogP contribution < -0.4 is 5.32 Å². The Morgan fingerprint density at radius 3 is 2.70 bits per heavy atom. The molecule has 4 aromatic rings. The molecule has 2 N–H and O–H groups in total. The van der Waals surface area contributed by atoms with Crippen LogP contribution in [0.1, 0.15) is 32.6 Å². The summed E-state index contributed by atoms with van der Waals surface area (Å²) in [5, 5.41) is 8.97. The van der Waals surface area contributed by atoms with E-state index < -0.39 is 0 Å². The molecule has 152 valence electrons. The fraction of sp³-hybridized carbons (Fsp3) is 0.292. The van der Waals surface area contributed by atoms with Gasteiger partial charge in [0.1, 0.15) is 11.3 Å². The Kier molecular flexibility index (Phi) is 4.83. The summed E-state index contributed by atoms with van der Waals surface area (Å²) in [6.07, 6.45) is 10.1. The summed E-state index contributed by atoms with van der Waals surface area (Å²) in [5.74, 6) is 0.301. The summed E-state index contributed by atoms with van der Waals surface area (Å²) >= 11 is 0. The van der Waals surface area contributed by atoms with Crippen molar-refractivity contribution in [3.8, 4) is 22.4 Å². The number of amides is 1.